The number of nitrogens with one attached hydrogen (secondary N) is 2. The molecule has 164 valence electrons. The fourth-order valence-electron chi connectivity index (χ4n) is 3.31. The van der Waals surface area contributed by atoms with E-state index in [2.05, 4.69) is 20.7 Å². The monoisotopic (exact) mass is 425 g/mol. The first-order valence-electron chi connectivity index (χ1n) is 10.0. The Morgan fingerprint density at radius 1 is 1.06 bits per heavy atom. The highest BCUT2D eigenvalue weighted by Gasteiger charge is 2.13. The molecular formula is C22H27N5O4. The number of amides is 2. The Morgan fingerprint density at radius 2 is 1.81 bits per heavy atom. The molecule has 0 aliphatic heterocycles. The molecule has 2 N–H and O–H groups in total. The molecule has 0 saturated heterocycles. The maximum Gasteiger partial charge on any atom is 0.411 e. The van der Waals surface area contributed by atoms with Gasteiger partial charge in [-0.3, -0.25) is 10.1 Å². The number of nitrogens with zero attached hydrogens (tertiary/aromatic N) is 3. The van der Waals surface area contributed by atoms with Crippen LogP contribution in [0.15, 0.2) is 30.3 Å². The lowest BCUT2D eigenvalue weighted by atomic mass is 10.1. The van der Waals surface area contributed by atoms with Crippen LogP contribution in [-0.2, 0) is 20.7 Å². The summed E-state index contributed by atoms with van der Waals surface area (Å²) < 4.78 is 11.6. The maximum atomic E-state index is 12.5. The largest absolute Gasteiger partial charge is 0.447 e. The number of anilines is 2. The van der Waals surface area contributed by atoms with Crippen molar-refractivity contribution < 1.29 is 19.1 Å². The molecule has 31 heavy (non-hydrogen) atoms. The zero-order valence-corrected chi connectivity index (χ0v) is 18.2. The van der Waals surface area contributed by atoms with E-state index in [4.69, 9.17) is 9.47 Å². The van der Waals surface area contributed by atoms with Crippen LogP contribution in [0.5, 0.6) is 0 Å². The highest BCUT2D eigenvalue weighted by molar-refractivity contribution is 5.92. The van der Waals surface area contributed by atoms with Gasteiger partial charge in [-0.05, 0) is 51.0 Å². The van der Waals surface area contributed by atoms with Gasteiger partial charge in [-0.2, -0.15) is 5.10 Å². The summed E-state index contributed by atoms with van der Waals surface area (Å²) in [5.74, 6) is -0.129. The number of hydrogen-bond donors (Lipinski definition) is 2. The molecule has 3 rings (SSSR count). The lowest BCUT2D eigenvalue weighted by molar-refractivity contribution is -0.116. The van der Waals surface area contributed by atoms with E-state index in [0.29, 0.717) is 30.8 Å². The Balaban J connectivity index is 1.59. The van der Waals surface area contributed by atoms with Crippen LogP contribution in [0.1, 0.15) is 29.1 Å². The Hall–Kier alpha value is -3.46. The molecule has 0 spiro atoms. The minimum atomic E-state index is -0.580. The molecule has 0 unspecified atom stereocenters. The molecule has 0 fully saturated rings. The third-order valence-electron chi connectivity index (χ3n) is 4.80. The van der Waals surface area contributed by atoms with Crippen molar-refractivity contribution in [3.8, 4) is 0 Å². The summed E-state index contributed by atoms with van der Waals surface area (Å²) in [6, 6.07) is 8.83. The molecule has 0 bridgehead atoms. The molecular weight excluding hydrogens is 398 g/mol. The number of carbonyl (C=O) groups excluding carboxylic acids is 2. The van der Waals surface area contributed by atoms with Gasteiger partial charge in [0.25, 0.3) is 0 Å². The highest BCUT2D eigenvalue weighted by Crippen LogP contribution is 2.19. The molecule has 1 aromatic carbocycles. The number of carbonyl (C=O) groups is 2. The van der Waals surface area contributed by atoms with E-state index < -0.39 is 6.09 Å². The van der Waals surface area contributed by atoms with Gasteiger partial charge in [-0.1, -0.05) is 6.07 Å². The number of aromatic nitrogens is 3. The van der Waals surface area contributed by atoms with Crippen LogP contribution in [-0.4, -0.2) is 46.9 Å². The molecule has 0 atom stereocenters. The quantitative estimate of drug-likeness (QED) is 0.536. The van der Waals surface area contributed by atoms with Gasteiger partial charge >= 0.3 is 6.09 Å². The van der Waals surface area contributed by atoms with E-state index in [1.807, 2.05) is 31.4 Å². The molecule has 2 aromatic heterocycles. The number of ether oxygens (including phenoxy) is 2. The zero-order valence-electron chi connectivity index (χ0n) is 18.2. The smallest absolute Gasteiger partial charge is 0.411 e. The topological polar surface area (TPSA) is 107 Å². The number of rotatable bonds is 8. The number of methoxy groups -OCH3 is 1. The Morgan fingerprint density at radius 3 is 2.55 bits per heavy atom. The van der Waals surface area contributed by atoms with Crippen molar-refractivity contribution in [2.24, 2.45) is 0 Å². The van der Waals surface area contributed by atoms with Gasteiger partial charge in [0.05, 0.1) is 12.3 Å². The average molecular weight is 425 g/mol. The zero-order chi connectivity index (χ0) is 22.4. The molecule has 2 amide bonds. The van der Waals surface area contributed by atoms with E-state index in [0.717, 1.165) is 28.3 Å². The van der Waals surface area contributed by atoms with E-state index >= 15 is 0 Å². The minimum absolute atomic E-state index is 0.129. The van der Waals surface area contributed by atoms with Crippen LogP contribution in [0.25, 0.3) is 5.65 Å². The predicted molar refractivity (Wildman–Crippen MR) is 117 cm³/mol. The van der Waals surface area contributed by atoms with Crippen LogP contribution in [0, 0.1) is 20.8 Å². The van der Waals surface area contributed by atoms with Crippen LogP contribution in [0.2, 0.25) is 0 Å². The SMILES string of the molecule is COCCOC(=O)Nc1cccc(NC(=O)CCc2c(C)nc3cc(C)nn3c2C)c1. The summed E-state index contributed by atoms with van der Waals surface area (Å²) in [5.41, 5.74) is 5.73. The lowest BCUT2D eigenvalue weighted by Gasteiger charge is -2.12. The van der Waals surface area contributed by atoms with Gasteiger partial charge in [-0.25, -0.2) is 14.3 Å². The normalized spacial score (nSPS) is 10.8. The Bertz CT molecular complexity index is 1090. The van der Waals surface area contributed by atoms with Crippen LogP contribution < -0.4 is 10.6 Å². The molecule has 0 aliphatic carbocycles. The van der Waals surface area contributed by atoms with Gasteiger partial charge in [0.1, 0.15) is 6.61 Å². The van der Waals surface area contributed by atoms with Crippen LogP contribution in [0.3, 0.4) is 0 Å². The van der Waals surface area contributed by atoms with Gasteiger partial charge in [0.15, 0.2) is 5.65 Å². The van der Waals surface area contributed by atoms with Crippen molar-refractivity contribution in [2.45, 2.75) is 33.6 Å². The molecule has 2 heterocycles. The third-order valence-corrected chi connectivity index (χ3v) is 4.80. The lowest BCUT2D eigenvalue weighted by Crippen LogP contribution is -2.17. The second kappa shape index (κ2) is 10.0. The molecule has 9 nitrogen and oxygen atoms in total. The van der Waals surface area contributed by atoms with Crippen LogP contribution >= 0.6 is 0 Å². The first kappa shape index (κ1) is 22.2. The fourth-order valence-corrected chi connectivity index (χ4v) is 3.31. The van der Waals surface area contributed by atoms with Gasteiger partial charge in [-0.15, -0.1) is 0 Å². The summed E-state index contributed by atoms with van der Waals surface area (Å²) in [7, 11) is 1.53. The summed E-state index contributed by atoms with van der Waals surface area (Å²) in [4.78, 5) is 28.8. The van der Waals surface area contributed by atoms with Crippen molar-refractivity contribution >= 4 is 29.0 Å². The average Bonchev–Trinajstić information content (AvgIpc) is 3.08. The Kier molecular flexibility index (Phi) is 7.19. The fraction of sp³-hybridized carbons (Fsp3) is 0.364. The number of fused-ring (bicyclic) bond motifs is 1. The Labute approximate surface area is 180 Å². The summed E-state index contributed by atoms with van der Waals surface area (Å²) in [5, 5.41) is 9.95. The standard InChI is InChI=1S/C22H27N5O4/c1-14-12-20-23-15(2)19(16(3)27(20)26-14)8-9-21(28)24-17-6-5-7-18(13-17)25-22(29)31-11-10-30-4/h5-7,12-13H,8-11H2,1-4H3,(H,24,28)(H,25,29). The predicted octanol–water partition coefficient (Wildman–Crippen LogP) is 3.42. The summed E-state index contributed by atoms with van der Waals surface area (Å²) in [6.07, 6.45) is 0.268. The van der Waals surface area contributed by atoms with Crippen molar-refractivity contribution in [1.29, 1.82) is 0 Å². The van der Waals surface area contributed by atoms with E-state index in [9.17, 15) is 9.59 Å². The second-order valence-corrected chi connectivity index (χ2v) is 7.20. The number of hydrogen-bond acceptors (Lipinski definition) is 6. The molecule has 0 radical (unpaired) electrons. The number of benzene rings is 1. The van der Waals surface area contributed by atoms with E-state index in [1.54, 1.807) is 24.3 Å². The van der Waals surface area contributed by atoms with Gasteiger partial charge in [0.2, 0.25) is 5.91 Å². The van der Waals surface area contributed by atoms with Crippen molar-refractivity contribution in [3.63, 3.8) is 0 Å². The second-order valence-electron chi connectivity index (χ2n) is 7.20. The van der Waals surface area contributed by atoms with Crippen molar-refractivity contribution in [1.82, 2.24) is 14.6 Å². The van der Waals surface area contributed by atoms with E-state index in [-0.39, 0.29) is 12.5 Å². The number of aryl methyl sites for hydroxylation is 3. The van der Waals surface area contributed by atoms with E-state index in [1.165, 1.54) is 7.11 Å². The third kappa shape index (κ3) is 5.79. The summed E-state index contributed by atoms with van der Waals surface area (Å²) >= 11 is 0. The van der Waals surface area contributed by atoms with Gasteiger partial charge < -0.3 is 14.8 Å². The first-order chi connectivity index (χ1) is 14.9. The molecule has 3 aromatic rings. The molecule has 0 saturated carbocycles. The van der Waals surface area contributed by atoms with Crippen molar-refractivity contribution in [3.05, 3.63) is 53.0 Å². The first-order valence-corrected chi connectivity index (χ1v) is 10.0. The molecule has 0 aliphatic rings. The molecule has 9 heteroatoms. The van der Waals surface area contributed by atoms with Crippen LogP contribution in [0.4, 0.5) is 16.2 Å². The van der Waals surface area contributed by atoms with Gasteiger partial charge in [0, 0.05) is 42.4 Å². The maximum absolute atomic E-state index is 12.5. The van der Waals surface area contributed by atoms with Crippen molar-refractivity contribution in [2.75, 3.05) is 31.0 Å². The minimum Gasteiger partial charge on any atom is -0.447 e. The highest BCUT2D eigenvalue weighted by atomic mass is 16.6. The summed E-state index contributed by atoms with van der Waals surface area (Å²) in [6.45, 7) is 6.35.